The molecule has 3 aliphatic heterocycles. The summed E-state index contributed by atoms with van der Waals surface area (Å²) in [7, 11) is 0.246. The van der Waals surface area contributed by atoms with Gasteiger partial charge in [-0.25, -0.2) is 4.79 Å². The van der Waals surface area contributed by atoms with E-state index < -0.39 is 14.4 Å². The number of anilines is 2. The van der Waals surface area contributed by atoms with E-state index in [0.717, 1.165) is 35.1 Å². The van der Waals surface area contributed by atoms with Crippen LogP contribution in [0.3, 0.4) is 0 Å². The Morgan fingerprint density at radius 2 is 1.62 bits per heavy atom. The number of epoxide rings is 1. The Balaban J connectivity index is 1.07. The number of halogens is 1. The lowest BCUT2D eigenvalue weighted by atomic mass is 9.99. The molecule has 3 saturated heterocycles. The zero-order valence-corrected chi connectivity index (χ0v) is 29.9. The minimum atomic E-state index is -1.89. The number of piperidine rings is 1. The van der Waals surface area contributed by atoms with E-state index in [1.54, 1.807) is 0 Å². The summed E-state index contributed by atoms with van der Waals surface area (Å²) in [5.41, 5.74) is 4.99. The third-order valence-electron chi connectivity index (χ3n) is 10.4. The molecule has 3 fully saturated rings. The molecule has 8 nitrogen and oxygen atoms in total. The summed E-state index contributed by atoms with van der Waals surface area (Å²) in [4.78, 5) is 28.5. The highest BCUT2D eigenvalue weighted by Crippen LogP contribution is 2.48. The molecule has 3 aliphatic rings. The molecule has 0 saturated carbocycles. The Labute approximate surface area is 284 Å². The molecule has 3 aromatic rings. The normalized spacial score (nSPS) is 23.6. The quantitative estimate of drug-likeness (QED) is 0.166. The van der Waals surface area contributed by atoms with Gasteiger partial charge in [0.15, 0.2) is 8.32 Å². The van der Waals surface area contributed by atoms with Gasteiger partial charge in [-0.3, -0.25) is 15.0 Å². The van der Waals surface area contributed by atoms with Gasteiger partial charge in [0.05, 0.1) is 23.0 Å². The van der Waals surface area contributed by atoms with Gasteiger partial charge >= 0.3 is 6.09 Å². The molecule has 250 valence electrons. The molecule has 2 N–H and O–H groups in total. The number of amides is 2. The Kier molecular flexibility index (Phi) is 9.57. The smallest absolute Gasteiger partial charge is 0.411 e. The van der Waals surface area contributed by atoms with E-state index in [0.29, 0.717) is 41.5 Å². The van der Waals surface area contributed by atoms with Gasteiger partial charge in [0.2, 0.25) is 5.91 Å². The van der Waals surface area contributed by atoms with E-state index in [-0.39, 0.29) is 35.7 Å². The first-order valence-corrected chi connectivity index (χ1v) is 19.8. The number of hydrogen-bond acceptors (Lipinski definition) is 6. The third-order valence-corrected chi connectivity index (χ3v) is 15.2. The number of carbonyl (C=O) groups is 2. The number of nitrogens with zero attached hydrogens (tertiary/aromatic N) is 1. The minimum Gasteiger partial charge on any atom is -0.446 e. The van der Waals surface area contributed by atoms with Crippen LogP contribution < -0.4 is 10.6 Å². The van der Waals surface area contributed by atoms with Gasteiger partial charge in [-0.15, -0.1) is 0 Å². The number of hydrogen-bond donors (Lipinski definition) is 2. The van der Waals surface area contributed by atoms with Crippen molar-refractivity contribution in [3.8, 4) is 11.1 Å². The molecule has 0 spiro atoms. The van der Waals surface area contributed by atoms with Crippen LogP contribution in [-0.2, 0) is 31.7 Å². The van der Waals surface area contributed by atoms with Crippen molar-refractivity contribution in [3.05, 3.63) is 82.9 Å². The predicted octanol–water partition coefficient (Wildman–Crippen LogP) is 8.26. The number of fused-ring (bicyclic) bond motifs is 5. The molecule has 6 rings (SSSR count). The fourth-order valence-electron chi connectivity index (χ4n) is 6.51. The Hall–Kier alpha value is -3.21. The number of rotatable bonds is 10. The summed E-state index contributed by atoms with van der Waals surface area (Å²) in [6, 6.07) is 22.1. The zero-order valence-electron chi connectivity index (χ0n) is 28.1. The maximum absolute atomic E-state index is 13.2. The number of likely N-dealkylation sites (N-methyl/N-ethyl adjacent to an activating group) is 1. The molecule has 47 heavy (non-hydrogen) atoms. The SMILES string of the molecule is CN1[C@@H]2C[C@@H](OC(=O)Nc3cc(CCC(=O)Nc4ccc(CO[Si](C)(C)C(C)(C)C)cc4Cl)ccc3-c3ccccc3)C[C@H]1[C@@H]1O[C@@H]12. The summed E-state index contributed by atoms with van der Waals surface area (Å²) in [5.74, 6) is -0.142. The van der Waals surface area contributed by atoms with Crippen LogP contribution >= 0.6 is 11.6 Å². The number of aryl methyl sites for hydroxylation is 1. The first kappa shape index (κ1) is 33.7. The van der Waals surface area contributed by atoms with Gasteiger partial charge < -0.3 is 19.2 Å². The Morgan fingerprint density at radius 1 is 0.936 bits per heavy atom. The average Bonchev–Trinajstić information content (AvgIpc) is 3.79. The van der Waals surface area contributed by atoms with Crippen LogP contribution in [0.1, 0.15) is 51.2 Å². The Morgan fingerprint density at radius 3 is 2.28 bits per heavy atom. The van der Waals surface area contributed by atoms with Crippen molar-refractivity contribution in [2.75, 3.05) is 17.7 Å². The minimum absolute atomic E-state index is 0.120. The first-order chi connectivity index (χ1) is 22.3. The van der Waals surface area contributed by atoms with Crippen molar-refractivity contribution in [3.63, 3.8) is 0 Å². The second kappa shape index (κ2) is 13.4. The number of benzene rings is 3. The van der Waals surface area contributed by atoms with Crippen LogP contribution in [0.5, 0.6) is 0 Å². The highest BCUT2D eigenvalue weighted by Gasteiger charge is 2.62. The fourth-order valence-corrected chi connectivity index (χ4v) is 7.72. The fraction of sp³-hybridized carbons (Fsp3) is 0.459. The van der Waals surface area contributed by atoms with Crippen LogP contribution in [0.4, 0.5) is 16.2 Å². The summed E-state index contributed by atoms with van der Waals surface area (Å²) in [6.45, 7) is 11.6. The van der Waals surface area contributed by atoms with E-state index >= 15 is 0 Å². The number of morpholine rings is 1. The zero-order chi connectivity index (χ0) is 33.5. The monoisotopic (exact) mass is 675 g/mol. The molecule has 0 radical (unpaired) electrons. The molecule has 3 heterocycles. The summed E-state index contributed by atoms with van der Waals surface area (Å²) >= 11 is 6.56. The molecule has 10 heteroatoms. The van der Waals surface area contributed by atoms with Crippen molar-refractivity contribution in [1.82, 2.24) is 4.90 Å². The molecule has 5 atom stereocenters. The average molecular weight is 676 g/mol. The van der Waals surface area contributed by atoms with E-state index in [2.05, 4.69) is 56.4 Å². The van der Waals surface area contributed by atoms with Crippen molar-refractivity contribution < 1.29 is 23.5 Å². The standard InChI is InChI=1S/C37H46ClN3O5Si/c1-37(2,3)47(5,6)44-22-24-13-16-29(28(38)18-24)39-33(42)17-14-23-12-15-27(25-10-8-7-9-11-25)30(19-23)40-36(43)45-26-20-31-34-35(46-34)32(21-26)41(31)4/h7-13,15-16,18-19,26,31-32,34-35H,14,17,20-22H2,1-6H3,(H,39,42)(H,40,43)/t26-,31-,32+,34-,35+. The molecule has 3 aromatic carbocycles. The second-order valence-corrected chi connectivity index (χ2v) is 19.9. The topological polar surface area (TPSA) is 92.4 Å². The lowest BCUT2D eigenvalue weighted by Gasteiger charge is -2.37. The molecule has 0 aliphatic carbocycles. The molecular weight excluding hydrogens is 630 g/mol. The maximum atomic E-state index is 13.2. The van der Waals surface area contributed by atoms with E-state index in [9.17, 15) is 9.59 Å². The van der Waals surface area contributed by atoms with Crippen molar-refractivity contribution >= 4 is 43.3 Å². The van der Waals surface area contributed by atoms with Gasteiger partial charge in [0.25, 0.3) is 0 Å². The second-order valence-electron chi connectivity index (χ2n) is 14.6. The third kappa shape index (κ3) is 7.60. The lowest BCUT2D eigenvalue weighted by Crippen LogP contribution is -2.48. The van der Waals surface area contributed by atoms with Crippen LogP contribution in [0.15, 0.2) is 66.7 Å². The molecule has 2 bridgehead atoms. The van der Waals surface area contributed by atoms with E-state index in [1.165, 1.54) is 0 Å². The highest BCUT2D eigenvalue weighted by atomic mass is 35.5. The Bertz CT molecular complexity index is 1610. The van der Waals surface area contributed by atoms with Gasteiger partial charge in [0.1, 0.15) is 18.3 Å². The van der Waals surface area contributed by atoms with Crippen LogP contribution in [-0.4, -0.2) is 62.7 Å². The maximum Gasteiger partial charge on any atom is 0.411 e. The van der Waals surface area contributed by atoms with Crippen LogP contribution in [0.2, 0.25) is 23.2 Å². The van der Waals surface area contributed by atoms with E-state index in [1.807, 2.05) is 66.7 Å². The van der Waals surface area contributed by atoms with Gasteiger partial charge in [-0.1, -0.05) is 80.9 Å². The van der Waals surface area contributed by atoms with Crippen LogP contribution in [0, 0.1) is 0 Å². The molecular formula is C37H46ClN3O5Si. The highest BCUT2D eigenvalue weighted by molar-refractivity contribution is 6.74. The van der Waals surface area contributed by atoms with Gasteiger partial charge in [-0.05, 0) is 66.5 Å². The number of nitrogens with one attached hydrogen (secondary N) is 2. The van der Waals surface area contributed by atoms with Crippen LogP contribution in [0.25, 0.3) is 11.1 Å². The van der Waals surface area contributed by atoms with Gasteiger partial charge in [-0.2, -0.15) is 0 Å². The molecule has 2 amide bonds. The summed E-state index contributed by atoms with van der Waals surface area (Å²) in [5, 5.41) is 6.57. The number of carbonyl (C=O) groups excluding carboxylic acids is 2. The lowest BCUT2D eigenvalue weighted by molar-refractivity contribution is -0.116. The number of ether oxygens (including phenoxy) is 2. The molecule has 0 unspecified atom stereocenters. The van der Waals surface area contributed by atoms with Crippen molar-refractivity contribution in [2.24, 2.45) is 0 Å². The first-order valence-electron chi connectivity index (χ1n) is 16.5. The van der Waals surface area contributed by atoms with Crippen molar-refractivity contribution in [2.45, 2.75) is 102 Å². The largest absolute Gasteiger partial charge is 0.446 e. The molecule has 0 aromatic heterocycles. The summed E-state index contributed by atoms with van der Waals surface area (Å²) in [6.07, 6.45) is 2.25. The summed E-state index contributed by atoms with van der Waals surface area (Å²) < 4.78 is 18.1. The van der Waals surface area contributed by atoms with E-state index in [4.69, 9.17) is 25.5 Å². The predicted molar refractivity (Wildman–Crippen MR) is 189 cm³/mol. The van der Waals surface area contributed by atoms with Crippen molar-refractivity contribution in [1.29, 1.82) is 0 Å². The van der Waals surface area contributed by atoms with Gasteiger partial charge in [0, 0.05) is 36.9 Å².